The third-order valence-corrected chi connectivity index (χ3v) is 4.11. The van der Waals surface area contributed by atoms with Crippen LogP contribution in [0.4, 0.5) is 5.82 Å². The summed E-state index contributed by atoms with van der Waals surface area (Å²) in [4.78, 5) is 16.1. The number of ether oxygens (including phenoxy) is 1. The fourth-order valence-corrected chi connectivity index (χ4v) is 2.65. The molecule has 1 saturated heterocycles. The smallest absolute Gasteiger partial charge is 0.311 e. The Morgan fingerprint density at radius 1 is 1.24 bits per heavy atom. The highest BCUT2D eigenvalue weighted by atomic mass is 16.5. The minimum Gasteiger partial charge on any atom is -0.481 e. The highest BCUT2D eigenvalue weighted by Gasteiger charge is 2.40. The molecule has 5 nitrogen and oxygen atoms in total. The van der Waals surface area contributed by atoms with E-state index in [0.717, 1.165) is 10.9 Å². The lowest BCUT2D eigenvalue weighted by Crippen LogP contribution is -2.42. The van der Waals surface area contributed by atoms with Crippen molar-refractivity contribution in [2.75, 3.05) is 25.1 Å². The molecular weight excluding hydrogens is 268 g/mol. The van der Waals surface area contributed by atoms with Crippen molar-refractivity contribution in [3.8, 4) is 0 Å². The molecular formula is C16H18N2O3. The Labute approximate surface area is 123 Å². The van der Waals surface area contributed by atoms with Crippen LogP contribution < -0.4 is 5.32 Å². The highest BCUT2D eigenvalue weighted by molar-refractivity contribution is 5.80. The van der Waals surface area contributed by atoms with Gasteiger partial charge in [0, 0.05) is 25.1 Å². The highest BCUT2D eigenvalue weighted by Crippen LogP contribution is 2.31. The maximum Gasteiger partial charge on any atom is 0.311 e. The van der Waals surface area contributed by atoms with E-state index in [-0.39, 0.29) is 0 Å². The van der Waals surface area contributed by atoms with Crippen molar-refractivity contribution < 1.29 is 14.6 Å². The number of benzene rings is 1. The van der Waals surface area contributed by atoms with Gasteiger partial charge in [0.1, 0.15) is 5.82 Å². The normalized spacial score (nSPS) is 17.5. The Kier molecular flexibility index (Phi) is 3.75. The van der Waals surface area contributed by atoms with E-state index in [1.165, 1.54) is 0 Å². The molecule has 0 saturated carbocycles. The molecule has 0 aliphatic carbocycles. The van der Waals surface area contributed by atoms with E-state index in [4.69, 9.17) is 4.74 Å². The second kappa shape index (κ2) is 5.69. The van der Waals surface area contributed by atoms with E-state index in [2.05, 4.69) is 10.3 Å². The number of aliphatic carboxylic acids is 1. The molecule has 0 spiro atoms. The average molecular weight is 286 g/mol. The Morgan fingerprint density at radius 2 is 2.00 bits per heavy atom. The molecule has 0 bridgehead atoms. The number of carbonyl (C=O) groups is 1. The summed E-state index contributed by atoms with van der Waals surface area (Å²) in [5.74, 6) is -0.0556. The van der Waals surface area contributed by atoms with Crippen LogP contribution in [0, 0.1) is 5.41 Å². The van der Waals surface area contributed by atoms with Crippen molar-refractivity contribution >= 4 is 22.7 Å². The van der Waals surface area contributed by atoms with Crippen LogP contribution in [0.25, 0.3) is 10.9 Å². The number of aromatic nitrogens is 1. The topological polar surface area (TPSA) is 71.5 Å². The molecule has 1 aromatic carbocycles. The molecule has 1 aliphatic heterocycles. The molecule has 1 fully saturated rings. The molecule has 110 valence electrons. The third kappa shape index (κ3) is 2.83. The second-order valence-electron chi connectivity index (χ2n) is 5.44. The van der Waals surface area contributed by atoms with E-state index in [9.17, 15) is 9.90 Å². The van der Waals surface area contributed by atoms with Gasteiger partial charge in [-0.05, 0) is 31.0 Å². The molecule has 21 heavy (non-hydrogen) atoms. The van der Waals surface area contributed by atoms with E-state index in [1.54, 1.807) is 0 Å². The van der Waals surface area contributed by atoms with Crippen molar-refractivity contribution in [2.24, 2.45) is 5.41 Å². The zero-order chi connectivity index (χ0) is 14.7. The maximum atomic E-state index is 11.6. The average Bonchev–Trinajstić information content (AvgIpc) is 2.53. The fraction of sp³-hybridized carbons (Fsp3) is 0.375. The van der Waals surface area contributed by atoms with Gasteiger partial charge < -0.3 is 15.2 Å². The number of fused-ring (bicyclic) bond motifs is 1. The number of hydrogen-bond donors (Lipinski definition) is 2. The van der Waals surface area contributed by atoms with Gasteiger partial charge in [0.2, 0.25) is 0 Å². The molecule has 0 unspecified atom stereocenters. The van der Waals surface area contributed by atoms with Crippen molar-refractivity contribution in [3.63, 3.8) is 0 Å². The first-order valence-electron chi connectivity index (χ1n) is 7.10. The minimum absolute atomic E-state index is 0.372. The van der Waals surface area contributed by atoms with Gasteiger partial charge in [-0.25, -0.2) is 4.98 Å². The summed E-state index contributed by atoms with van der Waals surface area (Å²) < 4.78 is 5.28. The Hall–Kier alpha value is -2.14. The predicted molar refractivity (Wildman–Crippen MR) is 80.4 cm³/mol. The van der Waals surface area contributed by atoms with E-state index >= 15 is 0 Å². The van der Waals surface area contributed by atoms with E-state index < -0.39 is 11.4 Å². The molecule has 2 heterocycles. The zero-order valence-corrected chi connectivity index (χ0v) is 11.7. The number of carboxylic acid groups (broad SMARTS) is 1. The Balaban J connectivity index is 1.76. The van der Waals surface area contributed by atoms with Gasteiger partial charge in [0.05, 0.1) is 10.9 Å². The number of nitrogens with one attached hydrogen (secondary N) is 1. The van der Waals surface area contributed by atoms with E-state index in [0.29, 0.717) is 38.4 Å². The van der Waals surface area contributed by atoms with Gasteiger partial charge in [-0.15, -0.1) is 0 Å². The SMILES string of the molecule is O=C(O)C1(CNc2ccc3ccccc3n2)CCOCC1. The lowest BCUT2D eigenvalue weighted by Gasteiger charge is -2.33. The molecule has 0 amide bonds. The monoisotopic (exact) mass is 286 g/mol. The largest absolute Gasteiger partial charge is 0.481 e. The van der Waals surface area contributed by atoms with E-state index in [1.807, 2.05) is 36.4 Å². The van der Waals surface area contributed by atoms with Gasteiger partial charge in [-0.1, -0.05) is 18.2 Å². The molecule has 2 N–H and O–H groups in total. The first-order valence-corrected chi connectivity index (χ1v) is 7.10. The van der Waals surface area contributed by atoms with Gasteiger partial charge in [0.25, 0.3) is 0 Å². The first kappa shape index (κ1) is 13.8. The van der Waals surface area contributed by atoms with Crippen LogP contribution in [0.15, 0.2) is 36.4 Å². The molecule has 0 atom stereocenters. The van der Waals surface area contributed by atoms with Crippen LogP contribution in [0.2, 0.25) is 0 Å². The van der Waals surface area contributed by atoms with Gasteiger partial charge in [-0.3, -0.25) is 4.79 Å². The summed E-state index contributed by atoms with van der Waals surface area (Å²) in [5.41, 5.74) is 0.143. The van der Waals surface area contributed by atoms with Gasteiger partial charge in [0.15, 0.2) is 0 Å². The van der Waals surface area contributed by atoms with Crippen LogP contribution in [-0.4, -0.2) is 35.8 Å². The Morgan fingerprint density at radius 3 is 2.76 bits per heavy atom. The summed E-state index contributed by atoms with van der Waals surface area (Å²) in [6.45, 7) is 1.37. The summed E-state index contributed by atoms with van der Waals surface area (Å²) in [6, 6.07) is 11.7. The molecule has 5 heteroatoms. The number of anilines is 1. The van der Waals surface area contributed by atoms with Crippen LogP contribution in [0.1, 0.15) is 12.8 Å². The summed E-state index contributed by atoms with van der Waals surface area (Å²) >= 11 is 0. The maximum absolute atomic E-state index is 11.6. The van der Waals surface area contributed by atoms with Crippen LogP contribution >= 0.6 is 0 Å². The molecule has 1 aromatic heterocycles. The number of hydrogen-bond acceptors (Lipinski definition) is 4. The quantitative estimate of drug-likeness (QED) is 0.903. The standard InChI is InChI=1S/C16H18N2O3/c19-15(20)16(7-9-21-10-8-16)11-17-14-6-5-12-3-1-2-4-13(12)18-14/h1-6H,7-11H2,(H,17,18)(H,19,20). The number of carboxylic acids is 1. The second-order valence-corrected chi connectivity index (χ2v) is 5.44. The summed E-state index contributed by atoms with van der Waals surface area (Å²) in [6.07, 6.45) is 1.06. The van der Waals surface area contributed by atoms with Crippen molar-refractivity contribution in [1.29, 1.82) is 0 Å². The Bertz CT molecular complexity index is 651. The predicted octanol–water partition coefficient (Wildman–Crippen LogP) is 2.53. The molecule has 0 radical (unpaired) electrons. The first-order chi connectivity index (χ1) is 10.2. The number of nitrogens with zero attached hydrogens (tertiary/aromatic N) is 1. The van der Waals surface area contributed by atoms with Crippen LogP contribution in [0.3, 0.4) is 0 Å². The lowest BCUT2D eigenvalue weighted by atomic mass is 9.80. The third-order valence-electron chi connectivity index (χ3n) is 4.11. The summed E-state index contributed by atoms with van der Waals surface area (Å²) in [7, 11) is 0. The van der Waals surface area contributed by atoms with Crippen LogP contribution in [-0.2, 0) is 9.53 Å². The molecule has 1 aliphatic rings. The molecule has 2 aromatic rings. The van der Waals surface area contributed by atoms with Gasteiger partial charge >= 0.3 is 5.97 Å². The van der Waals surface area contributed by atoms with Crippen LogP contribution in [0.5, 0.6) is 0 Å². The minimum atomic E-state index is -0.765. The van der Waals surface area contributed by atoms with Crippen molar-refractivity contribution in [1.82, 2.24) is 4.98 Å². The van der Waals surface area contributed by atoms with Gasteiger partial charge in [-0.2, -0.15) is 0 Å². The number of pyridine rings is 1. The number of rotatable bonds is 4. The molecule has 3 rings (SSSR count). The number of para-hydroxylation sites is 1. The van der Waals surface area contributed by atoms with Crippen molar-refractivity contribution in [2.45, 2.75) is 12.8 Å². The fourth-order valence-electron chi connectivity index (χ4n) is 2.65. The lowest BCUT2D eigenvalue weighted by molar-refractivity contribution is -0.153. The summed E-state index contributed by atoms with van der Waals surface area (Å²) in [5, 5.41) is 13.8. The van der Waals surface area contributed by atoms with Crippen molar-refractivity contribution in [3.05, 3.63) is 36.4 Å². The zero-order valence-electron chi connectivity index (χ0n) is 11.7.